The molecule has 3 fully saturated rings. The number of rotatable bonds is 3. The molecule has 1 nitrogen and oxygen atoms in total. The first-order valence-corrected chi connectivity index (χ1v) is 13.3. The lowest BCUT2D eigenvalue weighted by Crippen LogP contribution is -2.54. The third-order valence-electron chi connectivity index (χ3n) is 6.81. The van der Waals surface area contributed by atoms with E-state index in [0.29, 0.717) is 6.04 Å². The Bertz CT molecular complexity index is 383. The van der Waals surface area contributed by atoms with Crippen LogP contribution < -0.4 is 4.98 Å². The molecule has 1 N–H and O–H groups in total. The summed E-state index contributed by atoms with van der Waals surface area (Å²) in [5, 5.41) is 1.98. The van der Waals surface area contributed by atoms with E-state index in [1.165, 1.54) is 25.7 Å². The van der Waals surface area contributed by atoms with Crippen LogP contribution in [0.5, 0.6) is 0 Å². The third kappa shape index (κ3) is 2.76. The molecule has 0 aromatic rings. The van der Waals surface area contributed by atoms with Crippen LogP contribution in [0.2, 0.25) is 18.6 Å². The number of thioether (sulfide) groups is 1. The molecule has 7 unspecified atom stereocenters. The van der Waals surface area contributed by atoms with Crippen LogP contribution in [0.3, 0.4) is 0 Å². The Morgan fingerprint density at radius 3 is 2.38 bits per heavy atom. The molecule has 3 rings (SSSR count). The van der Waals surface area contributed by atoms with Crippen molar-refractivity contribution in [2.45, 2.75) is 88.6 Å². The molecule has 1 saturated heterocycles. The molecule has 3 heteroatoms. The predicted octanol–water partition coefficient (Wildman–Crippen LogP) is 5.14. The fraction of sp³-hybridized carbons (Fsp3) is 1.00. The van der Waals surface area contributed by atoms with Crippen molar-refractivity contribution in [2.75, 3.05) is 0 Å². The zero-order valence-corrected chi connectivity index (χ0v) is 16.7. The van der Waals surface area contributed by atoms with Gasteiger partial charge >= 0.3 is 0 Å². The molecule has 3 aliphatic rings. The Labute approximate surface area is 137 Å². The summed E-state index contributed by atoms with van der Waals surface area (Å²) in [4.78, 5) is 4.03. The minimum Gasteiger partial charge on any atom is -0.335 e. The molecule has 21 heavy (non-hydrogen) atoms. The van der Waals surface area contributed by atoms with Gasteiger partial charge in [-0.25, -0.2) is 0 Å². The summed E-state index contributed by atoms with van der Waals surface area (Å²) in [5.74, 6) is 3.95. The highest BCUT2D eigenvalue weighted by atomic mass is 32.2. The smallest absolute Gasteiger partial charge is 0.124 e. The lowest BCUT2D eigenvalue weighted by molar-refractivity contribution is 0.222. The van der Waals surface area contributed by atoms with Gasteiger partial charge in [-0.1, -0.05) is 53.6 Å². The van der Waals surface area contributed by atoms with Gasteiger partial charge in [-0.05, 0) is 48.1 Å². The minimum absolute atomic E-state index is 0.641. The maximum absolute atomic E-state index is 4.03. The van der Waals surface area contributed by atoms with E-state index in [4.69, 9.17) is 0 Å². The maximum atomic E-state index is 4.03. The van der Waals surface area contributed by atoms with Gasteiger partial charge in [-0.3, -0.25) is 0 Å². The topological polar surface area (TPSA) is 12.0 Å². The van der Waals surface area contributed by atoms with Crippen molar-refractivity contribution >= 4 is 20.0 Å². The second kappa shape index (κ2) is 5.87. The second-order valence-electron chi connectivity index (χ2n) is 8.93. The lowest BCUT2D eigenvalue weighted by atomic mass is 9.75. The molecule has 122 valence electrons. The molecular formula is C18H35NSSi. The van der Waals surface area contributed by atoms with E-state index in [-0.39, 0.29) is 0 Å². The van der Waals surface area contributed by atoms with Gasteiger partial charge in [-0.2, -0.15) is 11.8 Å². The highest BCUT2D eigenvalue weighted by Crippen LogP contribution is 2.65. The van der Waals surface area contributed by atoms with Crippen molar-refractivity contribution in [3.05, 3.63) is 0 Å². The molecule has 2 saturated carbocycles. The predicted molar refractivity (Wildman–Crippen MR) is 98.4 cm³/mol. The van der Waals surface area contributed by atoms with Gasteiger partial charge in [0, 0.05) is 10.5 Å². The monoisotopic (exact) mass is 325 g/mol. The SMILES string of the molecule is CC(C)N[Si](C)(C)C1C(C)C(C)C2C3CCCCC3SC21. The first-order chi connectivity index (χ1) is 9.83. The van der Waals surface area contributed by atoms with Crippen LogP contribution in [-0.2, 0) is 0 Å². The zero-order chi connectivity index (χ0) is 15.4. The van der Waals surface area contributed by atoms with Crippen LogP contribution in [0, 0.1) is 23.7 Å². The Balaban J connectivity index is 1.85. The van der Waals surface area contributed by atoms with Gasteiger partial charge in [0.25, 0.3) is 0 Å². The maximum Gasteiger partial charge on any atom is 0.124 e. The number of nitrogens with one attached hydrogen (secondary N) is 1. The molecule has 0 aromatic heterocycles. The Kier molecular flexibility index (Phi) is 4.58. The van der Waals surface area contributed by atoms with Crippen molar-refractivity contribution in [1.29, 1.82) is 0 Å². The van der Waals surface area contributed by atoms with E-state index >= 15 is 0 Å². The zero-order valence-electron chi connectivity index (χ0n) is 14.9. The van der Waals surface area contributed by atoms with E-state index in [9.17, 15) is 0 Å². The molecule has 0 aromatic carbocycles. The molecule has 7 atom stereocenters. The molecule has 2 aliphatic carbocycles. The normalized spacial score (nSPS) is 46.7. The average Bonchev–Trinajstić information content (AvgIpc) is 2.84. The minimum atomic E-state index is -1.36. The molecule has 0 radical (unpaired) electrons. The van der Waals surface area contributed by atoms with Crippen LogP contribution in [0.1, 0.15) is 53.4 Å². The average molecular weight is 326 g/mol. The van der Waals surface area contributed by atoms with Crippen LogP contribution in [0.15, 0.2) is 0 Å². The Morgan fingerprint density at radius 1 is 1.05 bits per heavy atom. The van der Waals surface area contributed by atoms with Gasteiger partial charge in [-0.15, -0.1) is 0 Å². The standard InChI is InChI=1S/C18H35NSSi/c1-11(2)19-21(5,6)18-13(4)12(3)16-14-9-7-8-10-15(14)20-17(16)18/h11-19H,7-10H2,1-6H3. The summed E-state index contributed by atoms with van der Waals surface area (Å²) in [6.07, 6.45) is 6.03. The summed E-state index contributed by atoms with van der Waals surface area (Å²) in [7, 11) is -1.36. The van der Waals surface area contributed by atoms with E-state index in [0.717, 1.165) is 39.7 Å². The fourth-order valence-electron chi connectivity index (χ4n) is 6.17. The summed E-state index contributed by atoms with van der Waals surface area (Å²) in [6.45, 7) is 15.0. The van der Waals surface area contributed by atoms with Crippen LogP contribution in [0.25, 0.3) is 0 Å². The van der Waals surface area contributed by atoms with Crippen molar-refractivity contribution in [2.24, 2.45) is 23.7 Å². The van der Waals surface area contributed by atoms with Crippen LogP contribution in [0.4, 0.5) is 0 Å². The van der Waals surface area contributed by atoms with Gasteiger partial charge in [0.05, 0.1) is 0 Å². The number of fused-ring (bicyclic) bond motifs is 3. The molecule has 0 amide bonds. The van der Waals surface area contributed by atoms with Crippen molar-refractivity contribution in [1.82, 2.24) is 4.98 Å². The van der Waals surface area contributed by atoms with E-state index < -0.39 is 8.24 Å². The van der Waals surface area contributed by atoms with Gasteiger partial charge in [0.2, 0.25) is 0 Å². The van der Waals surface area contributed by atoms with Crippen molar-refractivity contribution < 1.29 is 0 Å². The Morgan fingerprint density at radius 2 is 1.71 bits per heavy atom. The van der Waals surface area contributed by atoms with Crippen LogP contribution in [-0.4, -0.2) is 24.8 Å². The van der Waals surface area contributed by atoms with Crippen molar-refractivity contribution in [3.63, 3.8) is 0 Å². The summed E-state index contributed by atoms with van der Waals surface area (Å²) >= 11 is 2.43. The molecule has 1 aliphatic heterocycles. The van der Waals surface area contributed by atoms with Gasteiger partial charge in [0.1, 0.15) is 8.24 Å². The molecule has 0 spiro atoms. The molecule has 0 bridgehead atoms. The highest BCUT2D eigenvalue weighted by Gasteiger charge is 2.60. The number of hydrogen-bond donors (Lipinski definition) is 1. The second-order valence-corrected chi connectivity index (χ2v) is 14.8. The largest absolute Gasteiger partial charge is 0.335 e. The fourth-order valence-corrected chi connectivity index (χ4v) is 14.0. The van der Waals surface area contributed by atoms with E-state index in [1.807, 2.05) is 0 Å². The number of hydrogen-bond acceptors (Lipinski definition) is 2. The highest BCUT2D eigenvalue weighted by molar-refractivity contribution is 8.01. The van der Waals surface area contributed by atoms with Gasteiger partial charge < -0.3 is 4.98 Å². The van der Waals surface area contributed by atoms with E-state index in [1.54, 1.807) is 0 Å². The Hall–Kier alpha value is 0.527. The first-order valence-electron chi connectivity index (χ1n) is 9.26. The van der Waals surface area contributed by atoms with Gasteiger partial charge in [0.15, 0.2) is 0 Å². The van der Waals surface area contributed by atoms with E-state index in [2.05, 4.69) is 57.5 Å². The quantitative estimate of drug-likeness (QED) is 0.721. The summed E-state index contributed by atoms with van der Waals surface area (Å²) in [5.41, 5.74) is 0.968. The third-order valence-corrected chi connectivity index (χ3v) is 12.8. The van der Waals surface area contributed by atoms with Crippen LogP contribution >= 0.6 is 11.8 Å². The first kappa shape index (κ1) is 16.4. The lowest BCUT2D eigenvalue weighted by Gasteiger charge is -2.39. The molecular weight excluding hydrogens is 290 g/mol. The molecule has 1 heterocycles. The summed E-state index contributed by atoms with van der Waals surface area (Å²) < 4.78 is 0. The summed E-state index contributed by atoms with van der Waals surface area (Å²) in [6, 6.07) is 0.641. The van der Waals surface area contributed by atoms with Crippen molar-refractivity contribution in [3.8, 4) is 0 Å².